The summed E-state index contributed by atoms with van der Waals surface area (Å²) in [6.45, 7) is 9.30. The van der Waals surface area contributed by atoms with Gasteiger partial charge in [-0.1, -0.05) is 30.3 Å². The highest BCUT2D eigenvalue weighted by Crippen LogP contribution is 2.32. The van der Waals surface area contributed by atoms with Crippen molar-refractivity contribution in [2.24, 2.45) is 10.7 Å². The monoisotopic (exact) mass is 573 g/mol. The first-order chi connectivity index (χ1) is 19.4. The second-order valence-electron chi connectivity index (χ2n) is 10.8. The zero-order chi connectivity index (χ0) is 28.5. The predicted molar refractivity (Wildman–Crippen MR) is 158 cm³/mol. The number of hydrogen-bond acceptors (Lipinski definition) is 7. The summed E-state index contributed by atoms with van der Waals surface area (Å²) in [6, 6.07) is 8.46. The smallest absolute Gasteiger partial charge is 0.272 e. The molecule has 4 N–H and O–H groups in total. The largest absolute Gasteiger partial charge is 0.390 e. The zero-order valence-corrected chi connectivity index (χ0v) is 24.5. The normalized spacial score (nSPS) is 26.9. The van der Waals surface area contributed by atoms with E-state index in [4.69, 9.17) is 31.5 Å². The molecule has 1 amide bonds. The lowest BCUT2D eigenvalue weighted by atomic mass is 9.98. The molecule has 0 radical (unpaired) electrons. The lowest BCUT2D eigenvalue weighted by Gasteiger charge is -2.38. The van der Waals surface area contributed by atoms with Crippen LogP contribution in [0.4, 0.5) is 0 Å². The van der Waals surface area contributed by atoms with Gasteiger partial charge in [-0.15, -0.1) is 0 Å². The van der Waals surface area contributed by atoms with Crippen LogP contribution < -0.4 is 16.4 Å². The molecule has 3 aliphatic rings. The standard InChI is InChI=1S/C30H44ClN5O4/c1-20(21(2)33-17-25-5-4-6-27(40-25)22-7-9-23(31)10-8-22)29(34-19-32)30(37)36-14-11-24(12-15-36)35-26-13-16-39-18-28(26)38-3/h7-10,19,24-28,33,35H,2,4-6,11-18H2,1,3H3,(H2,32,34)/b29-20-/t25-,26+,27+,28-/m0/s1. The number of methoxy groups -OCH3 is 1. The molecule has 40 heavy (non-hydrogen) atoms. The fraction of sp³-hybridized carbons (Fsp3) is 0.600. The van der Waals surface area contributed by atoms with E-state index in [1.165, 1.54) is 6.34 Å². The van der Waals surface area contributed by atoms with Crippen LogP contribution in [0, 0.1) is 0 Å². The number of ether oxygens (including phenoxy) is 3. The first kappa shape index (κ1) is 30.5. The molecule has 10 heteroatoms. The summed E-state index contributed by atoms with van der Waals surface area (Å²) in [5.74, 6) is -0.127. The van der Waals surface area contributed by atoms with Crippen LogP contribution in [0.5, 0.6) is 0 Å². The van der Waals surface area contributed by atoms with Gasteiger partial charge in [-0.2, -0.15) is 0 Å². The third kappa shape index (κ3) is 8.07. The Labute approximate surface area is 243 Å². The van der Waals surface area contributed by atoms with Gasteiger partial charge in [0.1, 0.15) is 5.70 Å². The number of piperidine rings is 1. The number of halogens is 1. The molecule has 0 spiro atoms. The number of carbonyl (C=O) groups is 1. The molecule has 0 bridgehead atoms. The van der Waals surface area contributed by atoms with Gasteiger partial charge in [-0.3, -0.25) is 4.79 Å². The maximum Gasteiger partial charge on any atom is 0.272 e. The minimum absolute atomic E-state index is 0.0381. The highest BCUT2D eigenvalue weighted by atomic mass is 35.5. The number of allylic oxidation sites excluding steroid dienone is 1. The van der Waals surface area contributed by atoms with Crippen molar-refractivity contribution in [1.29, 1.82) is 0 Å². The van der Waals surface area contributed by atoms with E-state index in [1.807, 2.05) is 36.1 Å². The molecule has 220 valence electrons. The maximum atomic E-state index is 13.5. The van der Waals surface area contributed by atoms with E-state index >= 15 is 0 Å². The number of rotatable bonds is 10. The Morgan fingerprint density at radius 1 is 1.23 bits per heavy atom. The lowest BCUT2D eigenvalue weighted by Crippen LogP contribution is -2.54. The van der Waals surface area contributed by atoms with Crippen molar-refractivity contribution in [2.75, 3.05) is 40.0 Å². The van der Waals surface area contributed by atoms with Gasteiger partial charge in [0, 0.05) is 61.7 Å². The number of aliphatic imine (C=N–C) groups is 1. The van der Waals surface area contributed by atoms with E-state index in [0.717, 1.165) is 55.7 Å². The van der Waals surface area contributed by atoms with Crippen molar-refractivity contribution in [3.63, 3.8) is 0 Å². The van der Waals surface area contributed by atoms with Crippen molar-refractivity contribution >= 4 is 23.8 Å². The van der Waals surface area contributed by atoms with Crippen molar-refractivity contribution in [1.82, 2.24) is 15.5 Å². The molecule has 3 fully saturated rings. The fourth-order valence-corrected chi connectivity index (χ4v) is 5.83. The molecule has 9 nitrogen and oxygen atoms in total. The quantitative estimate of drug-likeness (QED) is 0.169. The Morgan fingerprint density at radius 2 is 1.98 bits per heavy atom. The van der Waals surface area contributed by atoms with Gasteiger partial charge in [-0.25, -0.2) is 4.99 Å². The molecule has 3 aliphatic heterocycles. The topological polar surface area (TPSA) is 110 Å². The average Bonchev–Trinajstić information content (AvgIpc) is 2.99. The Hall–Kier alpha value is -2.43. The molecule has 0 aromatic heterocycles. The van der Waals surface area contributed by atoms with Gasteiger partial charge in [0.15, 0.2) is 0 Å². The van der Waals surface area contributed by atoms with E-state index in [-0.39, 0.29) is 30.3 Å². The third-order valence-corrected chi connectivity index (χ3v) is 8.44. The predicted octanol–water partition coefficient (Wildman–Crippen LogP) is 3.70. The second kappa shape index (κ2) is 15.0. The van der Waals surface area contributed by atoms with Crippen LogP contribution in [0.2, 0.25) is 5.02 Å². The number of likely N-dealkylation sites (tertiary alicyclic amines) is 1. The van der Waals surface area contributed by atoms with E-state index in [0.29, 0.717) is 49.3 Å². The SMILES string of the molecule is C=C(NC[C@@H]1CCC[C@H](c2ccc(Cl)cc2)O1)/C(C)=C(\N=CN)C(=O)N1CCC(N[C@@H]2CCOC[C@@H]2OC)CC1. The number of amides is 1. The summed E-state index contributed by atoms with van der Waals surface area (Å²) in [7, 11) is 1.73. The van der Waals surface area contributed by atoms with Gasteiger partial charge in [0.05, 0.1) is 31.3 Å². The minimum atomic E-state index is -0.127. The third-order valence-electron chi connectivity index (χ3n) is 8.19. The van der Waals surface area contributed by atoms with E-state index < -0.39 is 0 Å². The van der Waals surface area contributed by atoms with Crippen LogP contribution in [0.25, 0.3) is 0 Å². The lowest BCUT2D eigenvalue weighted by molar-refractivity contribution is -0.128. The highest BCUT2D eigenvalue weighted by molar-refractivity contribution is 6.30. The van der Waals surface area contributed by atoms with Crippen LogP contribution >= 0.6 is 11.6 Å². The molecular weight excluding hydrogens is 530 g/mol. The summed E-state index contributed by atoms with van der Waals surface area (Å²) in [4.78, 5) is 19.6. The van der Waals surface area contributed by atoms with Crippen molar-refractivity contribution in [3.05, 3.63) is 58.4 Å². The first-order valence-corrected chi connectivity index (χ1v) is 14.7. The van der Waals surface area contributed by atoms with Crippen LogP contribution in [0.15, 0.2) is 52.8 Å². The van der Waals surface area contributed by atoms with Crippen molar-refractivity contribution in [2.45, 2.75) is 75.8 Å². The fourth-order valence-electron chi connectivity index (χ4n) is 5.71. The first-order valence-electron chi connectivity index (χ1n) is 14.3. The van der Waals surface area contributed by atoms with E-state index in [2.05, 4.69) is 22.2 Å². The molecular formula is C30H44ClN5O4. The number of nitrogens with one attached hydrogen (secondary N) is 2. The number of benzene rings is 1. The molecule has 1 aromatic rings. The summed E-state index contributed by atoms with van der Waals surface area (Å²) in [6.07, 6.45) is 7.00. The molecule has 1 aromatic carbocycles. The minimum Gasteiger partial charge on any atom is -0.390 e. The van der Waals surface area contributed by atoms with Crippen molar-refractivity contribution < 1.29 is 19.0 Å². The van der Waals surface area contributed by atoms with Crippen molar-refractivity contribution in [3.8, 4) is 0 Å². The van der Waals surface area contributed by atoms with Gasteiger partial charge in [0.25, 0.3) is 5.91 Å². The Bertz CT molecular complexity index is 1050. The summed E-state index contributed by atoms with van der Waals surface area (Å²) in [5, 5.41) is 7.83. The average molecular weight is 574 g/mol. The molecule has 0 saturated carbocycles. The van der Waals surface area contributed by atoms with Gasteiger partial charge in [0.2, 0.25) is 0 Å². The summed E-state index contributed by atoms with van der Waals surface area (Å²) >= 11 is 6.04. The second-order valence-corrected chi connectivity index (χ2v) is 11.3. The molecule has 4 atom stereocenters. The molecule has 3 saturated heterocycles. The van der Waals surface area contributed by atoms with Gasteiger partial charge in [-0.05, 0) is 63.1 Å². The van der Waals surface area contributed by atoms with E-state index in [1.54, 1.807) is 7.11 Å². The number of nitrogens with two attached hydrogens (primary N) is 1. The molecule has 4 rings (SSSR count). The Kier molecular flexibility index (Phi) is 11.4. The Balaban J connectivity index is 1.30. The highest BCUT2D eigenvalue weighted by Gasteiger charge is 2.31. The van der Waals surface area contributed by atoms with E-state index in [9.17, 15) is 4.79 Å². The number of nitrogens with zero attached hydrogens (tertiary/aromatic N) is 2. The molecule has 0 unspecified atom stereocenters. The van der Waals surface area contributed by atoms with Crippen LogP contribution in [0.3, 0.4) is 0 Å². The van der Waals surface area contributed by atoms with Crippen LogP contribution in [-0.2, 0) is 19.0 Å². The summed E-state index contributed by atoms with van der Waals surface area (Å²) < 4.78 is 17.5. The zero-order valence-electron chi connectivity index (χ0n) is 23.7. The molecule has 3 heterocycles. The maximum absolute atomic E-state index is 13.5. The van der Waals surface area contributed by atoms with Crippen LogP contribution in [0.1, 0.15) is 57.1 Å². The van der Waals surface area contributed by atoms with Gasteiger partial charge < -0.3 is 35.5 Å². The van der Waals surface area contributed by atoms with Gasteiger partial charge >= 0.3 is 0 Å². The van der Waals surface area contributed by atoms with Crippen LogP contribution in [-0.4, -0.2) is 81.4 Å². The number of hydrogen-bond donors (Lipinski definition) is 3. The molecule has 0 aliphatic carbocycles. The number of carbonyl (C=O) groups excluding carboxylic acids is 1. The Morgan fingerprint density at radius 3 is 2.67 bits per heavy atom. The summed E-state index contributed by atoms with van der Waals surface area (Å²) in [5.41, 5.74) is 8.44.